The van der Waals surface area contributed by atoms with E-state index in [4.69, 9.17) is 0 Å². The summed E-state index contributed by atoms with van der Waals surface area (Å²) in [5.74, 6) is 0.626. The molecule has 2 aromatic rings. The first kappa shape index (κ1) is 12.4. The maximum atomic E-state index is 11.4. The summed E-state index contributed by atoms with van der Waals surface area (Å²) >= 11 is 3.27. The molecular weight excluding hydrogens is 286 g/mol. The van der Waals surface area contributed by atoms with Crippen molar-refractivity contribution in [1.82, 2.24) is 4.98 Å². The van der Waals surface area contributed by atoms with Gasteiger partial charge < -0.3 is 0 Å². The summed E-state index contributed by atoms with van der Waals surface area (Å²) in [6, 6.07) is 6.20. The molecule has 3 rings (SSSR count). The lowest BCUT2D eigenvalue weighted by Gasteiger charge is -2.02. The molecule has 18 heavy (non-hydrogen) atoms. The first-order valence-electron chi connectivity index (χ1n) is 5.76. The molecule has 0 aliphatic carbocycles. The molecule has 0 bridgehead atoms. The number of thioether (sulfide) groups is 1. The average molecular weight is 299 g/mol. The Morgan fingerprint density at radius 3 is 3.00 bits per heavy atom. The SMILES string of the molecule is Cc1ccc2nc(S[C@@H]3CCS(=O)(=O)C3)sc2c1. The van der Waals surface area contributed by atoms with Gasteiger partial charge in [-0.25, -0.2) is 13.4 Å². The van der Waals surface area contributed by atoms with Crippen LogP contribution >= 0.6 is 23.1 Å². The van der Waals surface area contributed by atoms with Crippen molar-refractivity contribution in [3.8, 4) is 0 Å². The van der Waals surface area contributed by atoms with Crippen molar-refractivity contribution in [3.05, 3.63) is 23.8 Å². The Kier molecular flexibility index (Phi) is 3.11. The zero-order valence-corrected chi connectivity index (χ0v) is 12.4. The first-order valence-corrected chi connectivity index (χ1v) is 9.28. The van der Waals surface area contributed by atoms with E-state index in [1.165, 1.54) is 10.3 Å². The van der Waals surface area contributed by atoms with Crippen LogP contribution in [0.25, 0.3) is 10.2 Å². The maximum absolute atomic E-state index is 11.4. The molecule has 3 nitrogen and oxygen atoms in total. The minimum Gasteiger partial charge on any atom is -0.230 e. The minimum absolute atomic E-state index is 0.177. The van der Waals surface area contributed by atoms with E-state index < -0.39 is 9.84 Å². The van der Waals surface area contributed by atoms with Gasteiger partial charge in [-0.1, -0.05) is 17.8 Å². The summed E-state index contributed by atoms with van der Waals surface area (Å²) in [6.45, 7) is 2.07. The highest BCUT2D eigenvalue weighted by molar-refractivity contribution is 8.03. The number of rotatable bonds is 2. The molecule has 1 aliphatic rings. The van der Waals surface area contributed by atoms with Gasteiger partial charge in [0, 0.05) is 5.25 Å². The van der Waals surface area contributed by atoms with Gasteiger partial charge in [0.2, 0.25) is 0 Å². The number of hydrogen-bond acceptors (Lipinski definition) is 5. The van der Waals surface area contributed by atoms with Crippen molar-refractivity contribution in [2.24, 2.45) is 0 Å². The smallest absolute Gasteiger partial charge is 0.151 e. The van der Waals surface area contributed by atoms with Gasteiger partial charge in [0.05, 0.1) is 21.7 Å². The van der Waals surface area contributed by atoms with Gasteiger partial charge >= 0.3 is 0 Å². The Morgan fingerprint density at radius 1 is 1.44 bits per heavy atom. The molecule has 1 aromatic heterocycles. The molecule has 2 heterocycles. The zero-order chi connectivity index (χ0) is 12.8. The number of fused-ring (bicyclic) bond motifs is 1. The van der Waals surface area contributed by atoms with Crippen LogP contribution in [-0.4, -0.2) is 30.2 Å². The van der Waals surface area contributed by atoms with E-state index in [-0.39, 0.29) is 5.25 Å². The van der Waals surface area contributed by atoms with E-state index in [9.17, 15) is 8.42 Å². The van der Waals surface area contributed by atoms with E-state index in [1.807, 2.05) is 6.07 Å². The summed E-state index contributed by atoms with van der Waals surface area (Å²) in [4.78, 5) is 4.55. The van der Waals surface area contributed by atoms with Gasteiger partial charge in [-0.15, -0.1) is 11.3 Å². The number of sulfone groups is 1. The monoisotopic (exact) mass is 299 g/mol. The van der Waals surface area contributed by atoms with Gasteiger partial charge in [0.15, 0.2) is 14.2 Å². The van der Waals surface area contributed by atoms with Crippen molar-refractivity contribution in [2.45, 2.75) is 22.9 Å². The molecule has 0 saturated carbocycles. The largest absolute Gasteiger partial charge is 0.230 e. The van der Waals surface area contributed by atoms with E-state index in [0.717, 1.165) is 16.3 Å². The fourth-order valence-corrected chi connectivity index (χ4v) is 6.98. The second-order valence-corrected chi connectivity index (χ2v) is 9.40. The highest BCUT2D eigenvalue weighted by Gasteiger charge is 2.29. The molecule has 0 N–H and O–H groups in total. The van der Waals surface area contributed by atoms with Crippen molar-refractivity contribution >= 4 is 43.2 Å². The molecule has 1 fully saturated rings. The van der Waals surface area contributed by atoms with E-state index >= 15 is 0 Å². The van der Waals surface area contributed by atoms with Crippen LogP contribution in [0.5, 0.6) is 0 Å². The van der Waals surface area contributed by atoms with Gasteiger partial charge in [-0.05, 0) is 31.0 Å². The Morgan fingerprint density at radius 2 is 2.28 bits per heavy atom. The number of benzene rings is 1. The van der Waals surface area contributed by atoms with Crippen molar-refractivity contribution in [3.63, 3.8) is 0 Å². The predicted octanol–water partition coefficient (Wildman–Crippen LogP) is 2.88. The Hall–Kier alpha value is -0.590. The number of thiazole rings is 1. The van der Waals surface area contributed by atoms with Crippen molar-refractivity contribution in [2.75, 3.05) is 11.5 Å². The third kappa shape index (κ3) is 2.55. The van der Waals surface area contributed by atoms with Crippen molar-refractivity contribution in [1.29, 1.82) is 0 Å². The van der Waals surface area contributed by atoms with Crippen LogP contribution in [0.2, 0.25) is 0 Å². The summed E-state index contributed by atoms with van der Waals surface area (Å²) in [7, 11) is -2.80. The Balaban J connectivity index is 1.83. The predicted molar refractivity (Wildman–Crippen MR) is 77.3 cm³/mol. The molecule has 1 aliphatic heterocycles. The van der Waals surface area contributed by atoms with Crippen LogP contribution in [-0.2, 0) is 9.84 Å². The Bertz CT molecular complexity index is 690. The van der Waals surface area contributed by atoms with Gasteiger partial charge in [-0.3, -0.25) is 0 Å². The van der Waals surface area contributed by atoms with Crippen LogP contribution in [0, 0.1) is 6.92 Å². The van der Waals surface area contributed by atoms with E-state index in [0.29, 0.717) is 11.5 Å². The minimum atomic E-state index is -2.80. The topological polar surface area (TPSA) is 47.0 Å². The van der Waals surface area contributed by atoms with E-state index in [2.05, 4.69) is 24.0 Å². The van der Waals surface area contributed by atoms with Crippen LogP contribution in [0.1, 0.15) is 12.0 Å². The number of nitrogens with zero attached hydrogens (tertiary/aromatic N) is 1. The lowest BCUT2D eigenvalue weighted by atomic mass is 10.2. The second kappa shape index (κ2) is 4.51. The molecule has 0 unspecified atom stereocenters. The molecule has 0 amide bonds. The molecule has 0 radical (unpaired) electrons. The lowest BCUT2D eigenvalue weighted by molar-refractivity contribution is 0.602. The van der Waals surface area contributed by atoms with Gasteiger partial charge in [-0.2, -0.15) is 0 Å². The van der Waals surface area contributed by atoms with Crippen LogP contribution < -0.4 is 0 Å². The first-order chi connectivity index (χ1) is 8.52. The highest BCUT2D eigenvalue weighted by Crippen LogP contribution is 2.36. The number of hydrogen-bond donors (Lipinski definition) is 0. The van der Waals surface area contributed by atoms with Gasteiger partial charge in [0.1, 0.15) is 0 Å². The number of aromatic nitrogens is 1. The zero-order valence-electron chi connectivity index (χ0n) is 9.92. The van der Waals surface area contributed by atoms with Crippen LogP contribution in [0.4, 0.5) is 0 Å². The summed E-state index contributed by atoms with van der Waals surface area (Å²) in [5, 5.41) is 0.177. The van der Waals surface area contributed by atoms with Crippen LogP contribution in [0.3, 0.4) is 0 Å². The van der Waals surface area contributed by atoms with Crippen LogP contribution in [0.15, 0.2) is 22.5 Å². The van der Waals surface area contributed by atoms with E-state index in [1.54, 1.807) is 23.1 Å². The summed E-state index contributed by atoms with van der Waals surface area (Å²) in [5.41, 5.74) is 2.24. The normalized spacial score (nSPS) is 22.6. The third-order valence-electron chi connectivity index (χ3n) is 2.98. The second-order valence-electron chi connectivity index (χ2n) is 4.59. The maximum Gasteiger partial charge on any atom is 0.151 e. The highest BCUT2D eigenvalue weighted by atomic mass is 32.2. The van der Waals surface area contributed by atoms with Gasteiger partial charge in [0.25, 0.3) is 0 Å². The molecule has 1 saturated heterocycles. The van der Waals surface area contributed by atoms with Crippen molar-refractivity contribution < 1.29 is 8.42 Å². The molecule has 1 atom stereocenters. The quantitative estimate of drug-likeness (QED) is 0.855. The molecule has 0 spiro atoms. The average Bonchev–Trinajstić information content (AvgIpc) is 2.81. The third-order valence-corrected chi connectivity index (χ3v) is 7.34. The molecule has 1 aromatic carbocycles. The summed E-state index contributed by atoms with van der Waals surface area (Å²) in [6.07, 6.45) is 0.752. The standard InChI is InChI=1S/C12H13NO2S3/c1-8-2-3-10-11(6-8)17-12(13-10)16-9-4-5-18(14,15)7-9/h2-3,6,9H,4-5,7H2,1H3/t9-/m1/s1. The Labute approximate surface area is 115 Å². The summed E-state index contributed by atoms with van der Waals surface area (Å²) < 4.78 is 25.0. The molecule has 6 heteroatoms. The molecule has 96 valence electrons. The fraction of sp³-hybridized carbons (Fsp3) is 0.417. The number of aryl methyl sites for hydroxylation is 1. The lowest BCUT2D eigenvalue weighted by Crippen LogP contribution is -2.05. The fourth-order valence-electron chi connectivity index (χ4n) is 2.06. The molecular formula is C12H13NO2S3.